The van der Waals surface area contributed by atoms with Gasteiger partial charge in [0.05, 0.1) is 0 Å². The van der Waals surface area contributed by atoms with Crippen LogP contribution in [0.2, 0.25) is 0 Å². The molecule has 0 unspecified atom stereocenters. The molecule has 1 aliphatic carbocycles. The Morgan fingerprint density at radius 1 is 1.29 bits per heavy atom. The number of aromatic hydroxyl groups is 1. The lowest BCUT2D eigenvalue weighted by Crippen LogP contribution is -2.10. The fourth-order valence-electron chi connectivity index (χ4n) is 2.63. The largest absolute Gasteiger partial charge is 0.505 e. The lowest BCUT2D eigenvalue weighted by Gasteiger charge is -2.24. The molecule has 1 aliphatic rings. The van der Waals surface area contributed by atoms with Gasteiger partial charge in [0, 0.05) is 5.56 Å². The van der Waals surface area contributed by atoms with Gasteiger partial charge < -0.3 is 5.11 Å². The number of hydrogen-bond acceptors (Lipinski definition) is 2. The van der Waals surface area contributed by atoms with E-state index in [2.05, 4.69) is 0 Å². The molecule has 92 valence electrons. The Balaban J connectivity index is 2.42. The van der Waals surface area contributed by atoms with Crippen LogP contribution in [0.1, 0.15) is 60.9 Å². The quantitative estimate of drug-likeness (QED) is 0.793. The normalized spacial score (nSPS) is 17.1. The maximum atomic E-state index is 13.3. The zero-order chi connectivity index (χ0) is 12.4. The average Bonchev–Trinajstić information content (AvgIpc) is 2.33. The van der Waals surface area contributed by atoms with E-state index in [1.165, 1.54) is 25.5 Å². The van der Waals surface area contributed by atoms with Gasteiger partial charge in [0.2, 0.25) is 0 Å². The highest BCUT2D eigenvalue weighted by molar-refractivity contribution is 5.96. The lowest BCUT2D eigenvalue weighted by atomic mass is 9.81. The summed E-state index contributed by atoms with van der Waals surface area (Å²) in [5.41, 5.74) is 1.24. The van der Waals surface area contributed by atoms with Crippen LogP contribution < -0.4 is 0 Å². The summed E-state index contributed by atoms with van der Waals surface area (Å²) in [6.45, 7) is 1.44. The third-order valence-corrected chi connectivity index (χ3v) is 3.54. The molecule has 0 radical (unpaired) electrons. The van der Waals surface area contributed by atoms with Crippen LogP contribution >= 0.6 is 0 Å². The zero-order valence-corrected chi connectivity index (χ0v) is 10.0. The second-order valence-corrected chi connectivity index (χ2v) is 4.78. The number of phenolic OH excluding ortho intramolecular Hbond substituents is 1. The van der Waals surface area contributed by atoms with Crippen LogP contribution in [0.15, 0.2) is 12.1 Å². The Labute approximate surface area is 100 Å². The summed E-state index contributed by atoms with van der Waals surface area (Å²) in [4.78, 5) is 11.5. The molecule has 3 heteroatoms. The summed E-state index contributed by atoms with van der Waals surface area (Å²) >= 11 is 0. The fraction of sp³-hybridized carbons (Fsp3) is 0.500. The van der Waals surface area contributed by atoms with E-state index in [1.54, 1.807) is 0 Å². The van der Waals surface area contributed by atoms with Gasteiger partial charge >= 0.3 is 0 Å². The molecule has 0 amide bonds. The van der Waals surface area contributed by atoms with Gasteiger partial charge in [0.25, 0.3) is 0 Å². The van der Waals surface area contributed by atoms with E-state index in [-0.39, 0.29) is 17.5 Å². The van der Waals surface area contributed by atoms with Gasteiger partial charge in [-0.05, 0) is 43.4 Å². The Kier molecular flexibility index (Phi) is 3.46. The summed E-state index contributed by atoms with van der Waals surface area (Å²) in [6, 6.07) is 2.60. The van der Waals surface area contributed by atoms with Crippen molar-refractivity contribution >= 4 is 5.78 Å². The van der Waals surface area contributed by atoms with Crippen molar-refractivity contribution in [2.75, 3.05) is 0 Å². The number of hydrogen-bond donors (Lipinski definition) is 1. The fourth-order valence-corrected chi connectivity index (χ4v) is 2.63. The molecule has 2 rings (SSSR count). The minimum Gasteiger partial charge on any atom is -0.505 e. The van der Waals surface area contributed by atoms with Crippen molar-refractivity contribution < 1.29 is 14.3 Å². The van der Waals surface area contributed by atoms with E-state index in [4.69, 9.17) is 0 Å². The highest BCUT2D eigenvalue weighted by Crippen LogP contribution is 2.36. The van der Waals surface area contributed by atoms with Gasteiger partial charge in [-0.1, -0.05) is 19.3 Å². The maximum absolute atomic E-state index is 13.3. The first-order chi connectivity index (χ1) is 8.09. The standard InChI is InChI=1S/C14H17FO2/c1-9(16)11-7-13(15)14(17)8-12(11)10-5-3-2-4-6-10/h7-8,10,17H,2-6H2,1H3. The van der Waals surface area contributed by atoms with Gasteiger partial charge in [0.15, 0.2) is 17.3 Å². The Morgan fingerprint density at radius 2 is 1.94 bits per heavy atom. The number of ketones is 1. The van der Waals surface area contributed by atoms with Crippen molar-refractivity contribution in [1.29, 1.82) is 0 Å². The van der Waals surface area contributed by atoms with Crippen LogP contribution in [0.5, 0.6) is 5.75 Å². The smallest absolute Gasteiger partial charge is 0.165 e. The van der Waals surface area contributed by atoms with Crippen LogP contribution in [-0.2, 0) is 0 Å². The molecule has 1 fully saturated rings. The van der Waals surface area contributed by atoms with Crippen molar-refractivity contribution in [3.63, 3.8) is 0 Å². The van der Waals surface area contributed by atoms with E-state index in [0.717, 1.165) is 31.2 Å². The molecule has 0 heterocycles. The van der Waals surface area contributed by atoms with Gasteiger partial charge in [-0.15, -0.1) is 0 Å². The first-order valence-corrected chi connectivity index (χ1v) is 6.13. The van der Waals surface area contributed by atoms with E-state index in [1.807, 2.05) is 0 Å². The predicted molar refractivity (Wildman–Crippen MR) is 63.9 cm³/mol. The summed E-state index contributed by atoms with van der Waals surface area (Å²) < 4.78 is 13.3. The summed E-state index contributed by atoms with van der Waals surface area (Å²) in [5, 5.41) is 9.45. The Morgan fingerprint density at radius 3 is 2.53 bits per heavy atom. The average molecular weight is 236 g/mol. The van der Waals surface area contributed by atoms with Crippen molar-refractivity contribution in [3.8, 4) is 5.75 Å². The first kappa shape index (κ1) is 12.1. The van der Waals surface area contributed by atoms with E-state index >= 15 is 0 Å². The summed E-state index contributed by atoms with van der Waals surface area (Å²) in [6.07, 6.45) is 5.54. The summed E-state index contributed by atoms with van der Waals surface area (Å²) in [5.74, 6) is -0.913. The summed E-state index contributed by atoms with van der Waals surface area (Å²) in [7, 11) is 0. The maximum Gasteiger partial charge on any atom is 0.165 e. The van der Waals surface area contributed by atoms with Gasteiger partial charge in [-0.25, -0.2) is 4.39 Å². The number of phenols is 1. The van der Waals surface area contributed by atoms with Crippen molar-refractivity contribution in [2.24, 2.45) is 0 Å². The van der Waals surface area contributed by atoms with E-state index in [0.29, 0.717) is 5.56 Å². The number of carbonyl (C=O) groups excluding carboxylic acids is 1. The molecule has 0 aliphatic heterocycles. The van der Waals surface area contributed by atoms with Crippen molar-refractivity contribution in [2.45, 2.75) is 44.9 Å². The highest BCUT2D eigenvalue weighted by atomic mass is 19.1. The number of rotatable bonds is 2. The van der Waals surface area contributed by atoms with Gasteiger partial charge in [-0.3, -0.25) is 4.79 Å². The molecule has 0 saturated heterocycles. The molecule has 0 atom stereocenters. The molecule has 1 saturated carbocycles. The van der Waals surface area contributed by atoms with Crippen molar-refractivity contribution in [1.82, 2.24) is 0 Å². The number of benzene rings is 1. The van der Waals surface area contributed by atoms with Crippen LogP contribution in [0.3, 0.4) is 0 Å². The Bertz CT molecular complexity index is 434. The second kappa shape index (κ2) is 4.86. The first-order valence-electron chi connectivity index (χ1n) is 6.13. The van der Waals surface area contributed by atoms with Crippen LogP contribution in [0.4, 0.5) is 4.39 Å². The zero-order valence-electron chi connectivity index (χ0n) is 10.0. The van der Waals surface area contributed by atoms with Crippen LogP contribution in [0, 0.1) is 5.82 Å². The third-order valence-electron chi connectivity index (χ3n) is 3.54. The number of halogens is 1. The Hall–Kier alpha value is -1.38. The molecule has 1 aromatic carbocycles. The molecule has 0 aromatic heterocycles. The van der Waals surface area contributed by atoms with Crippen LogP contribution in [-0.4, -0.2) is 10.9 Å². The highest BCUT2D eigenvalue weighted by Gasteiger charge is 2.22. The molecule has 0 bridgehead atoms. The number of Topliss-reactive ketones (excluding diaryl/α,β-unsaturated/α-hetero) is 1. The molecule has 2 nitrogen and oxygen atoms in total. The monoisotopic (exact) mass is 236 g/mol. The number of carbonyl (C=O) groups is 1. The topological polar surface area (TPSA) is 37.3 Å². The van der Waals surface area contributed by atoms with Crippen molar-refractivity contribution in [3.05, 3.63) is 29.1 Å². The van der Waals surface area contributed by atoms with Gasteiger partial charge in [-0.2, -0.15) is 0 Å². The van der Waals surface area contributed by atoms with Crippen LogP contribution in [0.25, 0.3) is 0 Å². The van der Waals surface area contributed by atoms with E-state index < -0.39 is 5.82 Å². The molecule has 1 N–H and O–H groups in total. The third kappa shape index (κ3) is 2.48. The molecular formula is C14H17FO2. The molecule has 1 aromatic rings. The predicted octanol–water partition coefficient (Wildman–Crippen LogP) is 3.78. The molecule has 0 spiro atoms. The minimum atomic E-state index is -0.713. The molecular weight excluding hydrogens is 219 g/mol. The SMILES string of the molecule is CC(=O)c1cc(F)c(O)cc1C1CCCCC1. The van der Waals surface area contributed by atoms with E-state index in [9.17, 15) is 14.3 Å². The minimum absolute atomic E-state index is 0.135. The molecule has 17 heavy (non-hydrogen) atoms. The lowest BCUT2D eigenvalue weighted by molar-refractivity contribution is 0.101. The van der Waals surface area contributed by atoms with Gasteiger partial charge in [0.1, 0.15) is 0 Å². The second-order valence-electron chi connectivity index (χ2n) is 4.78.